The molecule has 4 rings (SSSR count). The molecule has 43 heavy (non-hydrogen) atoms. The van der Waals surface area contributed by atoms with Crippen LogP contribution in [0.25, 0.3) is 21.9 Å². The van der Waals surface area contributed by atoms with Gasteiger partial charge in [0.1, 0.15) is 30.2 Å². The molecule has 1 amide bonds. The summed E-state index contributed by atoms with van der Waals surface area (Å²) in [5.74, 6) is 0.762. The minimum absolute atomic E-state index is 0.0361. The van der Waals surface area contributed by atoms with E-state index in [4.69, 9.17) is 25.3 Å². The summed E-state index contributed by atoms with van der Waals surface area (Å²) in [6.07, 6.45) is 1.30. The monoisotopic (exact) mass is 591 g/mol. The number of nitrogen functional groups attached to an aromatic ring is 1. The number of quaternary nitrogens is 1. The Labute approximate surface area is 252 Å². The van der Waals surface area contributed by atoms with Gasteiger partial charge in [-0.2, -0.15) is 4.59 Å². The molecule has 2 heterocycles. The number of rotatable bonds is 15. The topological polar surface area (TPSA) is 133 Å². The van der Waals surface area contributed by atoms with E-state index in [1.807, 2.05) is 43.3 Å². The molecule has 230 valence electrons. The van der Waals surface area contributed by atoms with Gasteiger partial charge in [0.05, 0.1) is 24.6 Å². The summed E-state index contributed by atoms with van der Waals surface area (Å²) in [6.45, 7) is 10.7. The largest absolute Gasteiger partial charge is 0.482 e. The lowest BCUT2D eigenvalue weighted by Gasteiger charge is -2.43. The van der Waals surface area contributed by atoms with E-state index in [1.54, 1.807) is 20.1 Å². The average molecular weight is 592 g/mol. The van der Waals surface area contributed by atoms with E-state index in [2.05, 4.69) is 28.4 Å². The van der Waals surface area contributed by atoms with Gasteiger partial charge in [-0.1, -0.05) is 30.3 Å². The van der Waals surface area contributed by atoms with E-state index in [1.165, 1.54) is 0 Å². The Balaban J connectivity index is 1.72. The number of amides is 1. The number of methoxy groups -OCH3 is 1. The number of imidazole rings is 1. The summed E-state index contributed by atoms with van der Waals surface area (Å²) in [5, 5.41) is 12.3. The van der Waals surface area contributed by atoms with Crippen molar-refractivity contribution in [2.75, 3.05) is 45.7 Å². The highest BCUT2D eigenvalue weighted by atomic mass is 16.5. The molecule has 11 heteroatoms. The standard InChI is InChI=1S/C32H42N6O5/c1-6-36(7-2)38(23(4)39,20-24-12-10-15-27(22(24)3)43-21-29(40)41)18-11-17-37-28(16-19-42-5)35-30-31(37)25-13-8-9-14-26(25)34-32(30)33/h8-10,12-15H,6-7,11,16-21H2,1-5H3,(H2-,33,34,40,41)/p+1. The normalized spacial score (nSPS) is 13.1. The molecule has 0 saturated heterocycles. The Hall–Kier alpha value is -4.06. The minimum Gasteiger partial charge on any atom is -0.482 e. The van der Waals surface area contributed by atoms with Crippen LogP contribution >= 0.6 is 0 Å². The third kappa shape index (κ3) is 6.64. The number of benzene rings is 2. The lowest BCUT2D eigenvalue weighted by molar-refractivity contribution is -0.980. The van der Waals surface area contributed by atoms with E-state index in [-0.39, 0.29) is 10.5 Å². The quantitative estimate of drug-likeness (QED) is 0.153. The van der Waals surface area contributed by atoms with Gasteiger partial charge in [0.2, 0.25) is 0 Å². The lowest BCUT2D eigenvalue weighted by Crippen LogP contribution is -2.62. The highest BCUT2D eigenvalue weighted by Crippen LogP contribution is 2.31. The smallest absolute Gasteiger partial charge is 0.341 e. The van der Waals surface area contributed by atoms with Crippen LogP contribution in [0.3, 0.4) is 0 Å². The number of hydrogen-bond acceptors (Lipinski definition) is 8. The first-order chi connectivity index (χ1) is 20.7. The lowest BCUT2D eigenvalue weighted by atomic mass is 10.1. The summed E-state index contributed by atoms with van der Waals surface area (Å²) in [7, 11) is 1.67. The molecule has 2 aromatic carbocycles. The van der Waals surface area contributed by atoms with Gasteiger partial charge in [-0.25, -0.2) is 19.6 Å². The van der Waals surface area contributed by atoms with Crippen molar-refractivity contribution in [2.45, 2.75) is 53.6 Å². The van der Waals surface area contributed by atoms with Gasteiger partial charge < -0.3 is 24.9 Å². The second kappa shape index (κ2) is 13.9. The van der Waals surface area contributed by atoms with Gasteiger partial charge in [-0.05, 0) is 38.5 Å². The number of carboxylic acids is 1. The van der Waals surface area contributed by atoms with Crippen molar-refractivity contribution < 1.29 is 28.8 Å². The first kappa shape index (κ1) is 31.9. The van der Waals surface area contributed by atoms with Gasteiger partial charge >= 0.3 is 11.9 Å². The summed E-state index contributed by atoms with van der Waals surface area (Å²) in [5.41, 5.74) is 10.6. The zero-order valence-electron chi connectivity index (χ0n) is 25.8. The van der Waals surface area contributed by atoms with Crippen LogP contribution in [0.5, 0.6) is 5.75 Å². The second-order valence-electron chi connectivity index (χ2n) is 10.7. The van der Waals surface area contributed by atoms with Crippen molar-refractivity contribution in [3.05, 3.63) is 59.4 Å². The minimum atomic E-state index is -1.04. The van der Waals surface area contributed by atoms with Crippen LogP contribution in [0.2, 0.25) is 0 Å². The summed E-state index contributed by atoms with van der Waals surface area (Å²) >= 11 is 0. The second-order valence-corrected chi connectivity index (χ2v) is 10.7. The summed E-state index contributed by atoms with van der Waals surface area (Å²) in [4.78, 5) is 34.2. The maximum absolute atomic E-state index is 13.6. The first-order valence-electron chi connectivity index (χ1n) is 14.8. The maximum Gasteiger partial charge on any atom is 0.341 e. The Bertz CT molecular complexity index is 1600. The Morgan fingerprint density at radius 1 is 1.09 bits per heavy atom. The fraction of sp³-hybridized carbons (Fsp3) is 0.438. The highest BCUT2D eigenvalue weighted by Gasteiger charge is 2.40. The first-order valence-corrected chi connectivity index (χ1v) is 14.8. The van der Waals surface area contributed by atoms with Gasteiger partial charge in [-0.3, -0.25) is 0 Å². The van der Waals surface area contributed by atoms with Crippen molar-refractivity contribution in [3.8, 4) is 5.75 Å². The molecule has 1 unspecified atom stereocenters. The number of carbonyl (C=O) groups excluding carboxylic acids is 1. The van der Waals surface area contributed by atoms with E-state index < -0.39 is 12.6 Å². The molecular weight excluding hydrogens is 548 g/mol. The van der Waals surface area contributed by atoms with Crippen LogP contribution < -0.4 is 10.5 Å². The van der Waals surface area contributed by atoms with E-state index in [0.29, 0.717) is 69.3 Å². The van der Waals surface area contributed by atoms with Gasteiger partial charge in [0, 0.05) is 50.5 Å². The number of hydrogen-bond donors (Lipinski definition) is 2. The summed E-state index contributed by atoms with van der Waals surface area (Å²) in [6, 6.07) is 13.5. The van der Waals surface area contributed by atoms with Crippen LogP contribution in [0, 0.1) is 6.92 Å². The van der Waals surface area contributed by atoms with Crippen molar-refractivity contribution in [2.24, 2.45) is 0 Å². The third-order valence-electron chi connectivity index (χ3n) is 8.17. The zero-order valence-corrected chi connectivity index (χ0v) is 25.8. The maximum atomic E-state index is 13.6. The highest BCUT2D eigenvalue weighted by molar-refractivity contribution is 6.06. The number of aryl methyl sites for hydroxylation is 1. The number of nitrogens with two attached hydrogens (primary N) is 1. The molecule has 3 N–H and O–H groups in total. The molecule has 0 spiro atoms. The number of fused-ring (bicyclic) bond motifs is 3. The average Bonchev–Trinajstić information content (AvgIpc) is 3.35. The molecule has 4 aromatic rings. The fourth-order valence-corrected chi connectivity index (χ4v) is 5.98. The van der Waals surface area contributed by atoms with Crippen LogP contribution in [0.4, 0.5) is 5.82 Å². The number of anilines is 1. The number of nitrogens with zero attached hydrogens (tertiary/aromatic N) is 5. The Morgan fingerprint density at radius 3 is 2.51 bits per heavy atom. The number of aliphatic carboxylic acids is 1. The molecular formula is C32H43N6O5+. The third-order valence-corrected chi connectivity index (χ3v) is 8.17. The molecule has 0 bridgehead atoms. The van der Waals surface area contributed by atoms with Crippen LogP contribution in [0.1, 0.15) is 44.1 Å². The van der Waals surface area contributed by atoms with Gasteiger partial charge in [-0.15, -0.1) is 5.01 Å². The SMILES string of the molecule is CCN(CC)[N+](CCCn1c(CCOC)nc2c(N)nc3ccccc3c21)(Cc1cccc(OCC(=O)O)c1C)C(C)=O. The molecule has 0 aliphatic rings. The molecule has 0 fully saturated rings. The number of para-hydroxylation sites is 1. The van der Waals surface area contributed by atoms with E-state index in [9.17, 15) is 9.59 Å². The predicted octanol–water partition coefficient (Wildman–Crippen LogP) is 4.34. The molecule has 0 radical (unpaired) electrons. The zero-order chi connectivity index (χ0) is 31.1. The van der Waals surface area contributed by atoms with Crippen LogP contribution in [-0.2, 0) is 33.8 Å². The molecule has 1 atom stereocenters. The van der Waals surface area contributed by atoms with Crippen molar-refractivity contribution >= 4 is 39.6 Å². The van der Waals surface area contributed by atoms with Crippen molar-refractivity contribution in [3.63, 3.8) is 0 Å². The number of carboxylic acid groups (broad SMARTS) is 1. The molecule has 11 nitrogen and oxygen atoms in total. The number of carbonyl (C=O) groups is 2. The van der Waals surface area contributed by atoms with Crippen LogP contribution in [-0.4, -0.2) is 81.1 Å². The van der Waals surface area contributed by atoms with Crippen molar-refractivity contribution in [1.29, 1.82) is 0 Å². The van der Waals surface area contributed by atoms with E-state index in [0.717, 1.165) is 33.4 Å². The number of pyridine rings is 1. The fourth-order valence-electron chi connectivity index (χ4n) is 5.98. The van der Waals surface area contributed by atoms with Crippen LogP contribution in [0.15, 0.2) is 42.5 Å². The summed E-state index contributed by atoms with van der Waals surface area (Å²) < 4.78 is 13.3. The number of ether oxygens (including phenoxy) is 2. The van der Waals surface area contributed by atoms with E-state index >= 15 is 0 Å². The molecule has 0 aliphatic heterocycles. The molecule has 0 saturated carbocycles. The van der Waals surface area contributed by atoms with Crippen molar-refractivity contribution in [1.82, 2.24) is 19.5 Å². The Kier molecular flexibility index (Phi) is 10.3. The predicted molar refractivity (Wildman–Crippen MR) is 166 cm³/mol. The number of aromatic nitrogens is 3. The molecule has 2 aromatic heterocycles. The Morgan fingerprint density at radius 2 is 1.84 bits per heavy atom. The van der Waals surface area contributed by atoms with Gasteiger partial charge in [0.25, 0.3) is 0 Å². The van der Waals surface area contributed by atoms with Gasteiger partial charge in [0.15, 0.2) is 12.4 Å². The molecule has 0 aliphatic carbocycles.